The van der Waals surface area contributed by atoms with Gasteiger partial charge in [-0.3, -0.25) is 76.9 Å². The highest BCUT2D eigenvalue weighted by atomic mass is 33.2. The van der Waals surface area contributed by atoms with Crippen LogP contribution in [0.2, 0.25) is 0 Å². The van der Waals surface area contributed by atoms with Gasteiger partial charge in [0.2, 0.25) is 46.8 Å². The molecular weight excluding hydrogens is 1030 g/mol. The third-order valence-electron chi connectivity index (χ3n) is 11.9. The van der Waals surface area contributed by atoms with Crippen LogP contribution in [-0.4, -0.2) is 173 Å². The van der Waals surface area contributed by atoms with Crippen molar-refractivity contribution in [1.82, 2.24) is 20.4 Å². The molecule has 3 fully saturated rings. The van der Waals surface area contributed by atoms with Crippen LogP contribution in [0.1, 0.15) is 91.5 Å². The number of Topliss-reactive ketones (excluding diaryl/α,β-unsaturated/α-hetero) is 7. The number of ether oxygens (including phenoxy) is 3. The first-order chi connectivity index (χ1) is 35.0. The van der Waals surface area contributed by atoms with E-state index in [4.69, 9.17) is 14.2 Å². The Morgan fingerprint density at radius 3 is 1.97 bits per heavy atom. The third kappa shape index (κ3) is 18.4. The maximum absolute atomic E-state index is 13.0. The van der Waals surface area contributed by atoms with Gasteiger partial charge < -0.3 is 30.2 Å². The van der Waals surface area contributed by atoms with Crippen molar-refractivity contribution in [2.45, 2.75) is 102 Å². The number of carbonyl (C=O) groups is 14. The number of rotatable bonds is 34. The van der Waals surface area contributed by atoms with E-state index in [0.717, 1.165) is 70.3 Å². The van der Waals surface area contributed by atoms with Gasteiger partial charge in [0.1, 0.15) is 12.4 Å². The topological polar surface area (TPSA) is 309 Å². The van der Waals surface area contributed by atoms with E-state index < -0.39 is 67.4 Å². The minimum absolute atomic E-state index is 0.0134. The van der Waals surface area contributed by atoms with E-state index in [2.05, 4.69) is 16.0 Å². The number of hydrogen-bond donors (Lipinski definition) is 3. The van der Waals surface area contributed by atoms with Gasteiger partial charge in [-0.1, -0.05) is 40.6 Å². The van der Waals surface area contributed by atoms with Crippen molar-refractivity contribution in [3.8, 4) is 0 Å². The molecule has 0 aromatic heterocycles. The van der Waals surface area contributed by atoms with Gasteiger partial charge in [-0.2, -0.15) is 0 Å². The lowest BCUT2D eigenvalue weighted by Crippen LogP contribution is -2.50. The molecule has 2 atom stereocenters. The minimum Gasteiger partial charge on any atom is -0.379 e. The van der Waals surface area contributed by atoms with Crippen LogP contribution >= 0.6 is 33.3 Å². The second-order valence-corrected chi connectivity index (χ2v) is 21.4. The Hall–Kier alpha value is -5.47. The Balaban J connectivity index is 0.000000596. The molecule has 1 unspecified atom stereocenters. The molecule has 3 heterocycles. The molecule has 1 aromatic rings. The van der Waals surface area contributed by atoms with Crippen molar-refractivity contribution < 1.29 is 81.3 Å². The number of ketones is 7. The lowest BCUT2D eigenvalue weighted by atomic mass is 9.72. The van der Waals surface area contributed by atoms with Gasteiger partial charge in [-0.15, -0.1) is 11.8 Å². The summed E-state index contributed by atoms with van der Waals surface area (Å²) in [6.45, 7) is 6.26. The lowest BCUT2D eigenvalue weighted by Gasteiger charge is -2.28. The summed E-state index contributed by atoms with van der Waals surface area (Å²) < 4.78 is 14.4. The summed E-state index contributed by atoms with van der Waals surface area (Å²) in [5, 5.41) is 7.24. The van der Waals surface area contributed by atoms with Crippen molar-refractivity contribution in [1.29, 1.82) is 0 Å². The second kappa shape index (κ2) is 30.8. The number of carbonyl (C=O) groups excluding carboxylic acids is 14. The van der Waals surface area contributed by atoms with Crippen LogP contribution in [-0.2, 0) is 87.8 Å². The van der Waals surface area contributed by atoms with Gasteiger partial charge in [0.15, 0.2) is 38.8 Å². The molecule has 3 aliphatic rings. The summed E-state index contributed by atoms with van der Waals surface area (Å²) in [5.74, 6) is -7.15. The summed E-state index contributed by atoms with van der Waals surface area (Å²) in [6.07, 6.45) is 1.10. The van der Waals surface area contributed by atoms with Crippen molar-refractivity contribution in [2.24, 2.45) is 11.3 Å². The Morgan fingerprint density at radius 2 is 1.43 bits per heavy atom. The number of hydrogen-bond acceptors (Lipinski definition) is 20. The van der Waals surface area contributed by atoms with Crippen LogP contribution in [0.5, 0.6) is 0 Å². The highest BCUT2D eigenvalue weighted by Crippen LogP contribution is 2.66. The molecular formula is C49H65N5O17S3. The third-order valence-corrected chi connectivity index (χ3v) is 16.2. The standard InChI is InChI=1S/C34H47N3O14S3.C15H18N2O3/c1-20(38)33(21(2)39,22(3)40)27(43)7-11-50-13-14-51-12-9-35-31(47)24(18-36-29(45)19-49-5)16-25(42)8-15-52-26-17-30(46)37(32(26)48)10-6-28(44)34(23(4)41)53-54-34;1-2-13(18)16-12-6-3-11(4-7-12)5-8-14(19)17-10-9-15(17)20/h24,26H,6-19H2,1-5H3,(H,35,47)(H,36,45);3-4,6-7H,2,5,8-10H2,1H3,(H,16,18)/t24-,26?;/m1./s1. The number of benzene rings is 1. The summed E-state index contributed by atoms with van der Waals surface area (Å²) in [6, 6.07) is 7.41. The molecule has 0 bridgehead atoms. The van der Waals surface area contributed by atoms with Gasteiger partial charge in [0.25, 0.3) is 0 Å². The molecule has 0 aliphatic carbocycles. The van der Waals surface area contributed by atoms with Crippen LogP contribution in [0.3, 0.4) is 0 Å². The number of amides is 7. The molecule has 0 spiro atoms. The van der Waals surface area contributed by atoms with E-state index >= 15 is 0 Å². The summed E-state index contributed by atoms with van der Waals surface area (Å²) in [5.41, 5.74) is -0.556. The fraction of sp³-hybridized carbons (Fsp3) is 0.592. The average Bonchev–Trinajstić information content (AvgIpc) is 4.12. The lowest BCUT2D eigenvalue weighted by molar-refractivity contribution is -0.155. The molecule has 74 heavy (non-hydrogen) atoms. The van der Waals surface area contributed by atoms with Gasteiger partial charge in [0.05, 0.1) is 37.6 Å². The van der Waals surface area contributed by atoms with E-state index in [-0.39, 0.29) is 126 Å². The Bertz CT molecular complexity index is 2270. The largest absolute Gasteiger partial charge is 0.379 e. The van der Waals surface area contributed by atoms with Crippen molar-refractivity contribution >= 4 is 121 Å². The molecule has 25 heteroatoms. The molecule has 3 aliphatic heterocycles. The molecule has 406 valence electrons. The molecule has 3 N–H and O–H groups in total. The molecule has 3 saturated heterocycles. The number of imide groups is 2. The average molecular weight is 1090 g/mol. The highest BCUT2D eigenvalue weighted by molar-refractivity contribution is 8.94. The maximum Gasteiger partial charge on any atom is 0.246 e. The molecule has 7 amide bonds. The highest BCUT2D eigenvalue weighted by Gasteiger charge is 2.57. The van der Waals surface area contributed by atoms with E-state index in [0.29, 0.717) is 32.2 Å². The van der Waals surface area contributed by atoms with Gasteiger partial charge in [0, 0.05) is 96.1 Å². The Kier molecular flexibility index (Phi) is 26.1. The predicted molar refractivity (Wildman–Crippen MR) is 272 cm³/mol. The number of aryl methyl sites for hydroxylation is 1. The van der Waals surface area contributed by atoms with Gasteiger partial charge in [-0.25, -0.2) is 0 Å². The minimum atomic E-state index is -2.33. The predicted octanol–water partition coefficient (Wildman–Crippen LogP) is 1.80. The number of thioether (sulfide) groups is 1. The SMILES string of the molecule is CCC(=O)Nc1ccc(CCC(=O)N2CCC2=O)cc1.COCC(=O)NC[C@@H](CC(=O)CCSC1CC(=O)N(CCC(=O)C2(C(C)=O)SS2)C1=O)C(=O)NCCOCCOCCC(=O)C(C(C)=O)(C(C)=O)C(C)=O. The molecule has 0 radical (unpaired) electrons. The number of likely N-dealkylation sites (tertiary alicyclic amines) is 2. The molecule has 1 aromatic carbocycles. The number of nitrogens with one attached hydrogen (secondary N) is 3. The first-order valence-electron chi connectivity index (χ1n) is 23.9. The van der Waals surface area contributed by atoms with E-state index in [1.807, 2.05) is 24.3 Å². The van der Waals surface area contributed by atoms with Crippen molar-refractivity contribution in [3.05, 3.63) is 29.8 Å². The van der Waals surface area contributed by atoms with Crippen LogP contribution < -0.4 is 16.0 Å². The number of methoxy groups -OCH3 is 1. The van der Waals surface area contributed by atoms with E-state index in [1.165, 1.54) is 18.9 Å². The van der Waals surface area contributed by atoms with Crippen LogP contribution in [0, 0.1) is 11.3 Å². The quantitative estimate of drug-likeness (QED) is 0.0221. The maximum atomic E-state index is 13.0. The van der Waals surface area contributed by atoms with Crippen LogP contribution in [0.25, 0.3) is 0 Å². The Morgan fingerprint density at radius 1 is 0.797 bits per heavy atom. The zero-order valence-corrected chi connectivity index (χ0v) is 44.9. The van der Waals surface area contributed by atoms with E-state index in [9.17, 15) is 67.1 Å². The number of anilines is 1. The van der Waals surface area contributed by atoms with Crippen molar-refractivity contribution in [2.75, 3.05) is 77.4 Å². The fourth-order valence-corrected chi connectivity index (χ4v) is 11.0. The van der Waals surface area contributed by atoms with Gasteiger partial charge >= 0.3 is 0 Å². The van der Waals surface area contributed by atoms with Gasteiger partial charge in [-0.05, 0) is 51.8 Å². The van der Waals surface area contributed by atoms with Crippen LogP contribution in [0.4, 0.5) is 5.69 Å². The fourth-order valence-electron chi connectivity index (χ4n) is 7.58. The first kappa shape index (κ1) is 62.8. The zero-order valence-electron chi connectivity index (χ0n) is 42.5. The van der Waals surface area contributed by atoms with Crippen LogP contribution in [0.15, 0.2) is 24.3 Å². The summed E-state index contributed by atoms with van der Waals surface area (Å²) in [4.78, 5) is 172. The first-order valence-corrected chi connectivity index (χ1v) is 27.1. The van der Waals surface area contributed by atoms with Crippen molar-refractivity contribution in [3.63, 3.8) is 0 Å². The molecule has 4 rings (SSSR count). The number of nitrogens with zero attached hydrogens (tertiary/aromatic N) is 2. The normalized spacial score (nSPS) is 16.0. The Labute approximate surface area is 441 Å². The number of β-lactam (4-membered cyclic amide) rings is 1. The summed E-state index contributed by atoms with van der Waals surface area (Å²) in [7, 11) is 3.64. The monoisotopic (exact) mass is 1090 g/mol. The summed E-state index contributed by atoms with van der Waals surface area (Å²) >= 11 is 1.13. The zero-order chi connectivity index (χ0) is 55.2. The smallest absolute Gasteiger partial charge is 0.246 e. The second-order valence-electron chi connectivity index (χ2n) is 17.3. The molecule has 22 nitrogen and oxygen atoms in total. The molecule has 0 saturated carbocycles. The van der Waals surface area contributed by atoms with E-state index in [1.54, 1.807) is 6.92 Å².